The molecule has 8 nitrogen and oxygen atoms in total. The number of rotatable bonds is 9. The Bertz CT molecular complexity index is 1290. The van der Waals surface area contributed by atoms with Crippen molar-refractivity contribution in [2.24, 2.45) is 4.99 Å². The van der Waals surface area contributed by atoms with Crippen LogP contribution >= 0.6 is 11.8 Å². The molecule has 0 aromatic heterocycles. The molecule has 0 spiro atoms. The monoisotopic (exact) mass is 525 g/mol. The predicted molar refractivity (Wildman–Crippen MR) is 139 cm³/mol. The normalized spacial score (nSPS) is 16.6. The number of methoxy groups -OCH3 is 2. The molecule has 2 aromatic carbocycles. The third kappa shape index (κ3) is 5.64. The van der Waals surface area contributed by atoms with Crippen molar-refractivity contribution >= 4 is 28.8 Å². The molecule has 0 saturated heterocycles. The lowest BCUT2D eigenvalue weighted by molar-refractivity contribution is -0.139. The number of ether oxygens (including phenoxy) is 3. The number of esters is 1. The number of carbonyl (C=O) groups excluding carboxylic acids is 2. The van der Waals surface area contributed by atoms with Crippen molar-refractivity contribution in [2.75, 3.05) is 20.8 Å². The Kier molecular flexibility index (Phi) is 8.17. The van der Waals surface area contributed by atoms with Gasteiger partial charge in [-0.1, -0.05) is 23.9 Å². The van der Waals surface area contributed by atoms with Gasteiger partial charge < -0.3 is 24.4 Å². The summed E-state index contributed by atoms with van der Waals surface area (Å²) in [5, 5.41) is 5.37. The summed E-state index contributed by atoms with van der Waals surface area (Å²) in [6.45, 7) is 3.98. The fraction of sp³-hybridized carbons (Fsp3) is 0.296. The van der Waals surface area contributed by atoms with Gasteiger partial charge in [0.2, 0.25) is 5.91 Å². The summed E-state index contributed by atoms with van der Waals surface area (Å²) in [7, 11) is 3.12. The molecule has 194 valence electrons. The van der Waals surface area contributed by atoms with Gasteiger partial charge in [0.05, 0.1) is 44.6 Å². The number of amidine groups is 1. The van der Waals surface area contributed by atoms with Gasteiger partial charge in [0.25, 0.3) is 0 Å². The van der Waals surface area contributed by atoms with Crippen LogP contribution in [0.4, 0.5) is 4.39 Å². The minimum atomic E-state index is -0.650. The smallest absolute Gasteiger partial charge is 0.338 e. The molecule has 0 saturated carbocycles. The molecule has 1 amide bonds. The second kappa shape index (κ2) is 11.5. The lowest BCUT2D eigenvalue weighted by Gasteiger charge is -2.36. The lowest BCUT2D eigenvalue weighted by atomic mass is 9.92. The van der Waals surface area contributed by atoms with Crippen molar-refractivity contribution in [1.29, 1.82) is 0 Å². The van der Waals surface area contributed by atoms with E-state index in [-0.39, 0.29) is 31.3 Å². The van der Waals surface area contributed by atoms with Gasteiger partial charge in [-0.2, -0.15) is 0 Å². The van der Waals surface area contributed by atoms with Gasteiger partial charge in [-0.15, -0.1) is 0 Å². The van der Waals surface area contributed by atoms with Gasteiger partial charge in [-0.25, -0.2) is 14.2 Å². The first-order valence-corrected chi connectivity index (χ1v) is 12.6. The number of amides is 1. The van der Waals surface area contributed by atoms with Crippen LogP contribution in [0.5, 0.6) is 11.5 Å². The summed E-state index contributed by atoms with van der Waals surface area (Å²) in [5.41, 5.74) is 3.02. The van der Waals surface area contributed by atoms with Gasteiger partial charge >= 0.3 is 5.97 Å². The Hall–Kier alpha value is -3.79. The van der Waals surface area contributed by atoms with Gasteiger partial charge in [0.15, 0.2) is 5.17 Å². The number of allylic oxidation sites excluding steroid dienone is 1. The van der Waals surface area contributed by atoms with E-state index in [1.165, 1.54) is 23.9 Å². The maximum Gasteiger partial charge on any atom is 0.338 e. The Labute approximate surface area is 219 Å². The summed E-state index contributed by atoms with van der Waals surface area (Å²) < 4.78 is 29.7. The van der Waals surface area contributed by atoms with Gasteiger partial charge in [-0.3, -0.25) is 4.79 Å². The predicted octanol–water partition coefficient (Wildman–Crippen LogP) is 4.69. The fourth-order valence-electron chi connectivity index (χ4n) is 4.22. The van der Waals surface area contributed by atoms with Crippen molar-refractivity contribution in [3.63, 3.8) is 0 Å². The van der Waals surface area contributed by atoms with Crippen molar-refractivity contribution in [3.05, 3.63) is 81.8 Å². The quantitative estimate of drug-likeness (QED) is 0.475. The highest BCUT2D eigenvalue weighted by Gasteiger charge is 2.42. The third-order valence-electron chi connectivity index (χ3n) is 5.97. The maximum absolute atomic E-state index is 13.2. The van der Waals surface area contributed by atoms with Crippen LogP contribution in [0.1, 0.15) is 37.4 Å². The molecule has 0 unspecified atom stereocenters. The Morgan fingerprint density at radius 1 is 1.14 bits per heavy atom. The van der Waals surface area contributed by atoms with Crippen LogP contribution in [-0.2, 0) is 20.9 Å². The van der Waals surface area contributed by atoms with E-state index in [0.29, 0.717) is 39.2 Å². The number of hydrogen-bond donors (Lipinski definition) is 1. The summed E-state index contributed by atoms with van der Waals surface area (Å²) in [5.74, 6) is 0.0983. The number of hydrogen-bond acceptors (Lipinski definition) is 8. The summed E-state index contributed by atoms with van der Waals surface area (Å²) in [4.78, 5) is 32.6. The van der Waals surface area contributed by atoms with Gasteiger partial charge in [0.1, 0.15) is 17.3 Å². The van der Waals surface area contributed by atoms with E-state index in [1.807, 2.05) is 16.4 Å². The van der Waals surface area contributed by atoms with E-state index >= 15 is 0 Å². The topological polar surface area (TPSA) is 89.5 Å². The van der Waals surface area contributed by atoms with Crippen LogP contribution < -0.4 is 14.8 Å². The minimum absolute atomic E-state index is 0.0468. The van der Waals surface area contributed by atoms with Crippen molar-refractivity contribution in [3.8, 4) is 11.5 Å². The largest absolute Gasteiger partial charge is 0.497 e. The van der Waals surface area contributed by atoms with Crippen LogP contribution in [0.15, 0.2) is 69.8 Å². The average Bonchev–Trinajstić information content (AvgIpc) is 3.28. The highest BCUT2D eigenvalue weighted by molar-refractivity contribution is 8.16. The summed E-state index contributed by atoms with van der Waals surface area (Å²) in [6, 6.07) is 10.7. The van der Waals surface area contributed by atoms with Gasteiger partial charge in [0, 0.05) is 17.8 Å². The zero-order valence-electron chi connectivity index (χ0n) is 21.0. The van der Waals surface area contributed by atoms with E-state index < -0.39 is 12.0 Å². The third-order valence-corrected chi connectivity index (χ3v) is 6.86. The molecule has 4 rings (SSSR count). The van der Waals surface area contributed by atoms with Crippen molar-refractivity contribution in [1.82, 2.24) is 10.2 Å². The molecule has 0 aliphatic carbocycles. The molecule has 0 bridgehead atoms. The maximum atomic E-state index is 13.2. The summed E-state index contributed by atoms with van der Waals surface area (Å²) in [6.07, 6.45) is 0.0468. The molecular weight excluding hydrogens is 497 g/mol. The van der Waals surface area contributed by atoms with Crippen molar-refractivity contribution in [2.45, 2.75) is 32.9 Å². The second-order valence-corrected chi connectivity index (χ2v) is 9.14. The van der Waals surface area contributed by atoms with Crippen LogP contribution in [-0.4, -0.2) is 42.8 Å². The summed E-state index contributed by atoms with van der Waals surface area (Å²) >= 11 is 1.38. The number of nitrogens with zero attached hydrogens (tertiary/aromatic N) is 2. The lowest BCUT2D eigenvalue weighted by Crippen LogP contribution is -2.38. The highest BCUT2D eigenvalue weighted by atomic mass is 32.2. The number of thioether (sulfide) groups is 1. The molecule has 2 aliphatic heterocycles. The molecule has 1 N–H and O–H groups in total. The van der Waals surface area contributed by atoms with E-state index in [2.05, 4.69) is 10.3 Å². The Balaban J connectivity index is 1.67. The number of halogens is 1. The van der Waals surface area contributed by atoms with E-state index in [4.69, 9.17) is 14.2 Å². The second-order valence-electron chi connectivity index (χ2n) is 8.30. The van der Waals surface area contributed by atoms with E-state index in [9.17, 15) is 14.0 Å². The number of nitrogens with one attached hydrogen (secondary N) is 1. The Morgan fingerprint density at radius 2 is 1.89 bits per heavy atom. The average molecular weight is 526 g/mol. The molecule has 2 heterocycles. The van der Waals surface area contributed by atoms with E-state index in [0.717, 1.165) is 5.56 Å². The van der Waals surface area contributed by atoms with Crippen LogP contribution in [0.3, 0.4) is 0 Å². The molecule has 0 radical (unpaired) electrons. The van der Waals surface area contributed by atoms with Crippen molar-refractivity contribution < 1.29 is 28.2 Å². The molecule has 0 fully saturated rings. The first kappa shape index (κ1) is 26.3. The van der Waals surface area contributed by atoms with Crippen LogP contribution in [0.2, 0.25) is 0 Å². The highest BCUT2D eigenvalue weighted by Crippen LogP contribution is 2.47. The zero-order valence-corrected chi connectivity index (χ0v) is 21.9. The standard InChI is InChI=1S/C27H28FN3O5S/c1-5-36-26(33)24-16(2)30-27-31(25(24)21-13-20(34-3)10-11-22(21)35-4)19(15-37-27)12-23(32)29-14-17-6-8-18(28)9-7-17/h6-11,13,15,25H,5,12,14H2,1-4H3,(H,29,32)/t25-/m1/s1. The van der Waals surface area contributed by atoms with Gasteiger partial charge in [-0.05, 0) is 55.2 Å². The SMILES string of the molecule is CCOC(=O)C1=C(C)N=C2SC=C(CC(=O)NCc3ccc(F)cc3)N2[C@@H]1c1cc(OC)ccc1OC. The molecular formula is C27H28FN3O5S. The van der Waals surface area contributed by atoms with Crippen LogP contribution in [0, 0.1) is 5.82 Å². The zero-order chi connectivity index (χ0) is 26.5. The molecule has 2 aliphatic rings. The van der Waals surface area contributed by atoms with E-state index in [1.54, 1.807) is 52.3 Å². The number of aliphatic imine (C=N–C) groups is 1. The number of fused-ring (bicyclic) bond motifs is 1. The van der Waals surface area contributed by atoms with Crippen LogP contribution in [0.25, 0.3) is 0 Å². The number of carbonyl (C=O) groups is 2. The number of benzene rings is 2. The fourth-order valence-corrected chi connectivity index (χ4v) is 5.18. The minimum Gasteiger partial charge on any atom is -0.497 e. The molecule has 10 heteroatoms. The Morgan fingerprint density at radius 3 is 2.57 bits per heavy atom. The molecule has 1 atom stereocenters. The molecule has 37 heavy (non-hydrogen) atoms. The first-order valence-electron chi connectivity index (χ1n) is 11.7. The molecule has 2 aromatic rings. The first-order chi connectivity index (χ1) is 17.9.